The average molecular weight is 309 g/mol. The first kappa shape index (κ1) is 16.1. The van der Waals surface area contributed by atoms with Crippen LogP contribution in [0, 0.1) is 5.92 Å². The molecule has 1 heterocycles. The van der Waals surface area contributed by atoms with E-state index < -0.39 is 0 Å². The van der Waals surface area contributed by atoms with Gasteiger partial charge in [0.1, 0.15) is 5.75 Å². The van der Waals surface area contributed by atoms with Crippen LogP contribution in [-0.2, 0) is 12.8 Å². The highest BCUT2D eigenvalue weighted by molar-refractivity contribution is 5.26. The van der Waals surface area contributed by atoms with E-state index in [1.165, 1.54) is 56.4 Å². The Balaban J connectivity index is 1.36. The number of hydrogen-bond donors (Lipinski definition) is 1. The maximum Gasteiger partial charge on any atom is 0.115 e. The molecular formula is C21H27NO. The number of phenols is 1. The molecule has 2 heteroatoms. The number of aromatic hydroxyl groups is 1. The summed E-state index contributed by atoms with van der Waals surface area (Å²) >= 11 is 0. The molecule has 0 atom stereocenters. The van der Waals surface area contributed by atoms with E-state index in [0.29, 0.717) is 5.75 Å². The quantitative estimate of drug-likeness (QED) is 0.861. The number of nitrogens with zero attached hydrogens (tertiary/aromatic N) is 1. The molecule has 0 radical (unpaired) electrons. The molecule has 1 fully saturated rings. The highest BCUT2D eigenvalue weighted by Crippen LogP contribution is 2.23. The topological polar surface area (TPSA) is 23.5 Å². The summed E-state index contributed by atoms with van der Waals surface area (Å²) in [7, 11) is 0. The second-order valence-corrected chi connectivity index (χ2v) is 6.74. The van der Waals surface area contributed by atoms with Crippen molar-refractivity contribution in [3.05, 3.63) is 65.7 Å². The molecule has 2 aromatic rings. The van der Waals surface area contributed by atoms with Gasteiger partial charge in [-0.25, -0.2) is 0 Å². The molecule has 0 amide bonds. The third kappa shape index (κ3) is 5.11. The third-order valence-electron chi connectivity index (χ3n) is 4.95. The van der Waals surface area contributed by atoms with Crippen LogP contribution in [-0.4, -0.2) is 29.6 Å². The van der Waals surface area contributed by atoms with Gasteiger partial charge in [-0.05, 0) is 80.9 Å². The zero-order valence-electron chi connectivity index (χ0n) is 13.8. The average Bonchev–Trinajstić information content (AvgIpc) is 2.59. The van der Waals surface area contributed by atoms with Crippen LogP contribution in [0.5, 0.6) is 5.75 Å². The SMILES string of the molecule is Oc1ccc(CC2CCN(CCCc3ccccc3)CC2)cc1. The van der Waals surface area contributed by atoms with Gasteiger partial charge in [0.05, 0.1) is 0 Å². The Hall–Kier alpha value is -1.80. The van der Waals surface area contributed by atoms with E-state index in [1.54, 1.807) is 12.1 Å². The summed E-state index contributed by atoms with van der Waals surface area (Å²) in [6.45, 7) is 3.69. The smallest absolute Gasteiger partial charge is 0.115 e. The number of benzene rings is 2. The number of phenolic OH excluding ortho intramolecular Hbond substituents is 1. The molecule has 0 aromatic heterocycles. The van der Waals surface area contributed by atoms with E-state index in [1.807, 2.05) is 0 Å². The van der Waals surface area contributed by atoms with Crippen molar-refractivity contribution < 1.29 is 5.11 Å². The van der Waals surface area contributed by atoms with Crippen molar-refractivity contribution >= 4 is 0 Å². The van der Waals surface area contributed by atoms with E-state index in [2.05, 4.69) is 47.4 Å². The van der Waals surface area contributed by atoms with Crippen LogP contribution in [0.1, 0.15) is 30.4 Å². The number of hydrogen-bond acceptors (Lipinski definition) is 2. The lowest BCUT2D eigenvalue weighted by Gasteiger charge is -2.32. The third-order valence-corrected chi connectivity index (χ3v) is 4.95. The van der Waals surface area contributed by atoms with Crippen LogP contribution < -0.4 is 0 Å². The molecule has 0 bridgehead atoms. The van der Waals surface area contributed by atoms with Crippen LogP contribution in [0.3, 0.4) is 0 Å². The Bertz CT molecular complexity index is 571. The monoisotopic (exact) mass is 309 g/mol. The predicted molar refractivity (Wildman–Crippen MR) is 95.7 cm³/mol. The van der Waals surface area contributed by atoms with Crippen molar-refractivity contribution in [2.24, 2.45) is 5.92 Å². The van der Waals surface area contributed by atoms with Gasteiger partial charge in [0.15, 0.2) is 0 Å². The molecular weight excluding hydrogens is 282 g/mol. The van der Waals surface area contributed by atoms with Crippen molar-refractivity contribution in [1.82, 2.24) is 4.90 Å². The largest absolute Gasteiger partial charge is 0.508 e. The van der Waals surface area contributed by atoms with Gasteiger partial charge >= 0.3 is 0 Å². The predicted octanol–water partition coefficient (Wildman–Crippen LogP) is 4.28. The lowest BCUT2D eigenvalue weighted by Crippen LogP contribution is -2.35. The van der Waals surface area contributed by atoms with E-state index in [0.717, 1.165) is 12.3 Å². The lowest BCUT2D eigenvalue weighted by atomic mass is 9.90. The van der Waals surface area contributed by atoms with Gasteiger partial charge in [0.2, 0.25) is 0 Å². The highest BCUT2D eigenvalue weighted by Gasteiger charge is 2.19. The van der Waals surface area contributed by atoms with Crippen molar-refractivity contribution in [3.63, 3.8) is 0 Å². The van der Waals surface area contributed by atoms with E-state index in [4.69, 9.17) is 0 Å². The van der Waals surface area contributed by atoms with Crippen molar-refractivity contribution in [1.29, 1.82) is 0 Å². The molecule has 0 saturated carbocycles. The van der Waals surface area contributed by atoms with Crippen LogP contribution in [0.4, 0.5) is 0 Å². The van der Waals surface area contributed by atoms with Gasteiger partial charge in [-0.1, -0.05) is 42.5 Å². The molecule has 122 valence electrons. The first-order valence-corrected chi connectivity index (χ1v) is 8.84. The molecule has 23 heavy (non-hydrogen) atoms. The Morgan fingerprint density at radius 1 is 0.870 bits per heavy atom. The number of rotatable bonds is 6. The van der Waals surface area contributed by atoms with Crippen molar-refractivity contribution in [3.8, 4) is 5.75 Å². The van der Waals surface area contributed by atoms with E-state index in [9.17, 15) is 5.11 Å². The second kappa shape index (κ2) is 8.16. The molecule has 1 aliphatic heterocycles. The fourth-order valence-corrected chi connectivity index (χ4v) is 3.53. The van der Waals surface area contributed by atoms with Gasteiger partial charge in [-0.3, -0.25) is 0 Å². The molecule has 1 N–H and O–H groups in total. The summed E-state index contributed by atoms with van der Waals surface area (Å²) in [4.78, 5) is 2.62. The first-order valence-electron chi connectivity index (χ1n) is 8.84. The van der Waals surface area contributed by atoms with Crippen molar-refractivity contribution in [2.75, 3.05) is 19.6 Å². The lowest BCUT2D eigenvalue weighted by molar-refractivity contribution is 0.182. The number of likely N-dealkylation sites (tertiary alicyclic amines) is 1. The highest BCUT2D eigenvalue weighted by atomic mass is 16.3. The Morgan fingerprint density at radius 2 is 1.57 bits per heavy atom. The number of aryl methyl sites for hydroxylation is 1. The summed E-state index contributed by atoms with van der Waals surface area (Å²) in [5, 5.41) is 9.36. The van der Waals surface area contributed by atoms with Crippen molar-refractivity contribution in [2.45, 2.75) is 32.1 Å². The normalized spacial score (nSPS) is 16.5. The summed E-state index contributed by atoms with van der Waals surface area (Å²) < 4.78 is 0. The molecule has 1 saturated heterocycles. The van der Waals surface area contributed by atoms with Gasteiger partial charge in [-0.2, -0.15) is 0 Å². The maximum atomic E-state index is 9.36. The molecule has 3 rings (SSSR count). The fraction of sp³-hybridized carbons (Fsp3) is 0.429. The fourth-order valence-electron chi connectivity index (χ4n) is 3.53. The minimum atomic E-state index is 0.363. The summed E-state index contributed by atoms with van der Waals surface area (Å²) in [6, 6.07) is 18.5. The molecule has 0 spiro atoms. The Kier molecular flexibility index (Phi) is 5.71. The Labute approximate surface area is 139 Å². The van der Waals surface area contributed by atoms with Crippen LogP contribution in [0.25, 0.3) is 0 Å². The van der Waals surface area contributed by atoms with Gasteiger partial charge in [0, 0.05) is 0 Å². The second-order valence-electron chi connectivity index (χ2n) is 6.74. The van der Waals surface area contributed by atoms with Crippen LogP contribution in [0.2, 0.25) is 0 Å². The zero-order valence-corrected chi connectivity index (χ0v) is 13.8. The summed E-state index contributed by atoms with van der Waals surface area (Å²) in [5.41, 5.74) is 2.81. The summed E-state index contributed by atoms with van der Waals surface area (Å²) in [5.74, 6) is 1.16. The van der Waals surface area contributed by atoms with Crippen LogP contribution >= 0.6 is 0 Å². The minimum Gasteiger partial charge on any atom is -0.508 e. The van der Waals surface area contributed by atoms with E-state index >= 15 is 0 Å². The molecule has 0 aliphatic carbocycles. The van der Waals surface area contributed by atoms with Crippen LogP contribution in [0.15, 0.2) is 54.6 Å². The summed E-state index contributed by atoms with van der Waals surface area (Å²) in [6.07, 6.45) is 6.19. The van der Waals surface area contributed by atoms with Gasteiger partial charge < -0.3 is 10.0 Å². The molecule has 0 unspecified atom stereocenters. The molecule has 2 aromatic carbocycles. The zero-order chi connectivity index (χ0) is 15.9. The standard InChI is InChI=1S/C21H27NO/c23-21-10-8-19(9-11-21)17-20-12-15-22(16-13-20)14-4-7-18-5-2-1-3-6-18/h1-3,5-6,8-11,20,23H,4,7,12-17H2. The van der Waals surface area contributed by atoms with Gasteiger partial charge in [0.25, 0.3) is 0 Å². The number of piperidine rings is 1. The molecule has 1 aliphatic rings. The van der Waals surface area contributed by atoms with E-state index in [-0.39, 0.29) is 0 Å². The minimum absolute atomic E-state index is 0.363. The Morgan fingerprint density at radius 3 is 2.26 bits per heavy atom. The first-order chi connectivity index (χ1) is 11.3. The molecule has 2 nitrogen and oxygen atoms in total. The maximum absolute atomic E-state index is 9.36. The van der Waals surface area contributed by atoms with Gasteiger partial charge in [-0.15, -0.1) is 0 Å².